The monoisotopic (exact) mass is 410 g/mol. The van der Waals surface area contributed by atoms with Crippen LogP contribution in [0, 0.1) is 0 Å². The van der Waals surface area contributed by atoms with Gasteiger partial charge in [-0.05, 0) is 5.41 Å². The molecular formula is C26H42Fe-6. The van der Waals surface area contributed by atoms with Gasteiger partial charge in [0.2, 0.25) is 0 Å². The topological polar surface area (TPSA) is 0 Å². The Labute approximate surface area is 180 Å². The third-order valence-corrected chi connectivity index (χ3v) is 4.75. The number of rotatable bonds is 0. The van der Waals surface area contributed by atoms with Gasteiger partial charge < -0.3 is 30.3 Å². The maximum absolute atomic E-state index is 2.50. The van der Waals surface area contributed by atoms with Gasteiger partial charge in [-0.25, -0.2) is 0 Å². The maximum atomic E-state index is 2.50. The smallest absolute Gasteiger partial charge is 0 e. The van der Waals surface area contributed by atoms with Gasteiger partial charge in [0.05, 0.1) is 0 Å². The van der Waals surface area contributed by atoms with Crippen LogP contribution in [0.3, 0.4) is 0 Å². The SMILES string of the molecule is CC(C)(C)c1c[c-](C(C)(C)C)c(C(C)(C)C)c1C(C)(C)C.[Fe].[cH-]1[cH-][cH-][cH-][cH-]1. The quantitative estimate of drug-likeness (QED) is 0.305. The van der Waals surface area contributed by atoms with E-state index in [0.29, 0.717) is 0 Å². The second kappa shape index (κ2) is 8.71. The Morgan fingerprint density at radius 2 is 0.963 bits per heavy atom. The van der Waals surface area contributed by atoms with E-state index in [2.05, 4.69) is 89.2 Å². The van der Waals surface area contributed by atoms with Gasteiger partial charge in [0.25, 0.3) is 0 Å². The molecule has 0 aromatic heterocycles. The first-order chi connectivity index (χ1) is 11.5. The number of hydrogen-bond acceptors (Lipinski definition) is 0. The van der Waals surface area contributed by atoms with Crippen LogP contribution in [0.5, 0.6) is 0 Å². The van der Waals surface area contributed by atoms with Gasteiger partial charge in [-0.1, -0.05) is 99.3 Å². The van der Waals surface area contributed by atoms with Gasteiger partial charge in [0, 0.05) is 17.1 Å². The molecule has 0 saturated heterocycles. The molecule has 2 aromatic carbocycles. The molecule has 2 rings (SSSR count). The maximum Gasteiger partial charge on any atom is 0 e. The molecule has 27 heavy (non-hydrogen) atoms. The molecule has 0 aliphatic rings. The Hall–Kier alpha value is -0.781. The second-order valence-corrected chi connectivity index (χ2v) is 11.7. The van der Waals surface area contributed by atoms with Crippen LogP contribution in [0.1, 0.15) is 105 Å². The molecular weight excluding hydrogens is 368 g/mol. The third kappa shape index (κ3) is 6.95. The van der Waals surface area contributed by atoms with Crippen LogP contribution < -0.4 is 0 Å². The normalized spacial score (nSPS) is 12.9. The Balaban J connectivity index is 0.000000969. The molecule has 0 amide bonds. The molecule has 0 unspecified atom stereocenters. The molecule has 1 heteroatoms. The van der Waals surface area contributed by atoms with Crippen LogP contribution in [-0.4, -0.2) is 0 Å². The van der Waals surface area contributed by atoms with E-state index in [0.717, 1.165) is 0 Å². The Bertz CT molecular complexity index is 605. The van der Waals surface area contributed by atoms with Crippen molar-refractivity contribution in [3.05, 3.63) is 58.7 Å². The van der Waals surface area contributed by atoms with Crippen LogP contribution in [0.25, 0.3) is 0 Å². The van der Waals surface area contributed by atoms with Crippen molar-refractivity contribution in [3.63, 3.8) is 0 Å². The first-order valence-corrected chi connectivity index (χ1v) is 9.99. The van der Waals surface area contributed by atoms with Gasteiger partial charge >= 0.3 is 0 Å². The van der Waals surface area contributed by atoms with E-state index in [1.165, 1.54) is 11.1 Å². The van der Waals surface area contributed by atoms with Crippen LogP contribution >= 0.6 is 0 Å². The summed E-state index contributed by atoms with van der Waals surface area (Å²) in [5.41, 5.74) is 6.94. The summed E-state index contributed by atoms with van der Waals surface area (Å²) in [6.07, 6.45) is 0. The molecule has 0 nitrogen and oxygen atoms in total. The van der Waals surface area contributed by atoms with E-state index in [-0.39, 0.29) is 38.7 Å². The van der Waals surface area contributed by atoms with E-state index in [1.807, 2.05) is 30.3 Å². The van der Waals surface area contributed by atoms with Gasteiger partial charge in [-0.15, -0.1) is 5.56 Å². The van der Waals surface area contributed by atoms with Crippen LogP contribution in [0.15, 0.2) is 36.4 Å². The zero-order valence-corrected chi connectivity index (χ0v) is 20.9. The third-order valence-electron chi connectivity index (χ3n) is 4.75. The van der Waals surface area contributed by atoms with Gasteiger partial charge in [-0.2, -0.15) is 22.8 Å². The molecule has 160 valence electrons. The second-order valence-electron chi connectivity index (χ2n) is 11.7. The predicted octanol–water partition coefficient (Wildman–Crippen LogP) is 8.00. The van der Waals surface area contributed by atoms with Crippen LogP contribution in [0.2, 0.25) is 0 Å². The van der Waals surface area contributed by atoms with Gasteiger partial charge in [0.1, 0.15) is 0 Å². The summed E-state index contributed by atoms with van der Waals surface area (Å²) < 4.78 is 0. The van der Waals surface area contributed by atoms with Crippen molar-refractivity contribution in [1.29, 1.82) is 0 Å². The van der Waals surface area contributed by atoms with Crippen molar-refractivity contribution in [2.75, 3.05) is 0 Å². The minimum atomic E-state index is 0. The minimum absolute atomic E-state index is 0. The van der Waals surface area contributed by atoms with E-state index < -0.39 is 0 Å². The largest absolute Gasteiger partial charge is 0.748 e. The van der Waals surface area contributed by atoms with Crippen molar-refractivity contribution < 1.29 is 17.1 Å². The summed E-state index contributed by atoms with van der Waals surface area (Å²) >= 11 is 0. The summed E-state index contributed by atoms with van der Waals surface area (Å²) in [6, 6.07) is 12.5. The fraction of sp³-hybridized carbons (Fsp3) is 0.615. The predicted molar refractivity (Wildman–Crippen MR) is 119 cm³/mol. The zero-order chi connectivity index (χ0) is 20.6. The fourth-order valence-corrected chi connectivity index (χ4v) is 3.62. The Morgan fingerprint density at radius 3 is 1.19 bits per heavy atom. The molecule has 2 aromatic rings. The molecule has 0 heterocycles. The van der Waals surface area contributed by atoms with Crippen molar-refractivity contribution in [3.8, 4) is 0 Å². The molecule has 0 aliphatic heterocycles. The van der Waals surface area contributed by atoms with Crippen LogP contribution in [0.4, 0.5) is 0 Å². The zero-order valence-electron chi connectivity index (χ0n) is 19.8. The molecule has 0 spiro atoms. The Kier molecular flexibility index (Phi) is 8.46. The standard InChI is InChI=1S/C21H37.C5H5.Fe/c1-18(2,3)14-13-15(19(4,5)6)17(21(10,11)12)16(14)20(7,8)9;1-2-4-5-3-1;/h13H,1-12H3;1-5H;/q-1;-5;. The molecule has 0 saturated carbocycles. The summed E-state index contributed by atoms with van der Waals surface area (Å²) in [5.74, 6) is 0. The molecule has 0 radical (unpaired) electrons. The Morgan fingerprint density at radius 1 is 0.593 bits per heavy atom. The summed E-state index contributed by atoms with van der Waals surface area (Å²) in [7, 11) is 0. The van der Waals surface area contributed by atoms with Gasteiger partial charge in [0.15, 0.2) is 0 Å². The van der Waals surface area contributed by atoms with E-state index in [9.17, 15) is 0 Å². The first-order valence-electron chi connectivity index (χ1n) is 9.99. The summed E-state index contributed by atoms with van der Waals surface area (Å²) in [6.45, 7) is 28.2. The first kappa shape index (κ1) is 26.2. The van der Waals surface area contributed by atoms with E-state index >= 15 is 0 Å². The summed E-state index contributed by atoms with van der Waals surface area (Å²) in [4.78, 5) is 0. The van der Waals surface area contributed by atoms with Crippen molar-refractivity contribution in [2.45, 2.75) is 105 Å². The average Bonchev–Trinajstić information content (AvgIpc) is 3.06. The number of hydrogen-bond donors (Lipinski definition) is 0. The molecule has 0 atom stereocenters. The minimum Gasteiger partial charge on any atom is -0.748 e. The molecule has 0 bridgehead atoms. The van der Waals surface area contributed by atoms with Crippen molar-refractivity contribution in [2.24, 2.45) is 0 Å². The summed E-state index contributed by atoms with van der Waals surface area (Å²) in [5, 5.41) is 0. The van der Waals surface area contributed by atoms with Gasteiger partial charge in [-0.3, -0.25) is 0 Å². The van der Waals surface area contributed by atoms with Crippen molar-refractivity contribution >= 4 is 0 Å². The fourth-order valence-electron chi connectivity index (χ4n) is 3.62. The van der Waals surface area contributed by atoms with E-state index in [4.69, 9.17) is 0 Å². The van der Waals surface area contributed by atoms with E-state index in [1.54, 1.807) is 11.1 Å². The van der Waals surface area contributed by atoms with Crippen molar-refractivity contribution in [1.82, 2.24) is 0 Å². The molecule has 0 fully saturated rings. The molecule has 0 aliphatic carbocycles. The van der Waals surface area contributed by atoms with Crippen LogP contribution in [-0.2, 0) is 38.7 Å². The average molecular weight is 410 g/mol. The molecule has 0 N–H and O–H groups in total.